The van der Waals surface area contributed by atoms with Crippen molar-refractivity contribution in [2.75, 3.05) is 17.3 Å². The molecule has 17 heavy (non-hydrogen) atoms. The van der Waals surface area contributed by atoms with Gasteiger partial charge >= 0.3 is 0 Å². The number of Topliss-reactive ketones (excluding diaryl/α,β-unsaturated/α-hetero) is 1. The van der Waals surface area contributed by atoms with Crippen LogP contribution in [0.2, 0.25) is 0 Å². The fourth-order valence-electron chi connectivity index (χ4n) is 1.60. The number of sulfone groups is 1. The monoisotopic (exact) mass is 276 g/mol. The zero-order valence-corrected chi connectivity index (χ0v) is 10.9. The van der Waals surface area contributed by atoms with Gasteiger partial charge in [-0.2, -0.15) is 0 Å². The van der Waals surface area contributed by atoms with E-state index in [0.29, 0.717) is 17.5 Å². The van der Waals surface area contributed by atoms with Gasteiger partial charge in [0.05, 0.1) is 23.2 Å². The maximum absolute atomic E-state index is 11.3. The predicted molar refractivity (Wildman–Crippen MR) is 61.7 cm³/mol. The second-order valence-corrected chi connectivity index (χ2v) is 7.15. The van der Waals surface area contributed by atoms with Crippen molar-refractivity contribution < 1.29 is 17.6 Å². The predicted octanol–water partition coefficient (Wildman–Crippen LogP) is 0.653. The molecule has 1 aliphatic rings. The number of thioether (sulfide) groups is 1. The lowest BCUT2D eigenvalue weighted by Crippen LogP contribution is -2.03. The maximum Gasteiger partial charge on any atom is 0.277 e. The van der Waals surface area contributed by atoms with Crippen LogP contribution < -0.4 is 0 Å². The largest absolute Gasteiger partial charge is 0.416 e. The van der Waals surface area contributed by atoms with E-state index in [0.717, 1.165) is 0 Å². The lowest BCUT2D eigenvalue weighted by molar-refractivity contribution is -0.114. The molecule has 1 fully saturated rings. The van der Waals surface area contributed by atoms with Crippen LogP contribution in [0.1, 0.15) is 25.2 Å². The first kappa shape index (κ1) is 12.6. The van der Waals surface area contributed by atoms with Gasteiger partial charge in [0.25, 0.3) is 5.22 Å². The fourth-order valence-corrected chi connectivity index (χ4v) is 3.90. The zero-order chi connectivity index (χ0) is 12.5. The highest BCUT2D eigenvalue weighted by molar-refractivity contribution is 7.99. The SMILES string of the molecule is CC(=O)CSc1nnc([C@H]2CCS(=O)(=O)C2)o1. The Balaban J connectivity index is 2.01. The highest BCUT2D eigenvalue weighted by atomic mass is 32.2. The van der Waals surface area contributed by atoms with E-state index < -0.39 is 9.84 Å². The number of hydrogen-bond acceptors (Lipinski definition) is 7. The summed E-state index contributed by atoms with van der Waals surface area (Å²) >= 11 is 1.17. The molecule has 0 unspecified atom stereocenters. The molecule has 0 amide bonds. The number of aromatic nitrogens is 2. The molecule has 8 heteroatoms. The third kappa shape index (κ3) is 3.29. The van der Waals surface area contributed by atoms with E-state index in [1.165, 1.54) is 18.7 Å². The van der Waals surface area contributed by atoms with Crippen LogP contribution in [0.5, 0.6) is 0 Å². The molecule has 0 aliphatic carbocycles. The van der Waals surface area contributed by atoms with Crippen molar-refractivity contribution in [3.63, 3.8) is 0 Å². The normalized spacial score (nSPS) is 22.8. The highest BCUT2D eigenvalue weighted by Gasteiger charge is 2.32. The lowest BCUT2D eigenvalue weighted by Gasteiger charge is -1.98. The quantitative estimate of drug-likeness (QED) is 0.746. The van der Waals surface area contributed by atoms with Crippen LogP contribution in [0.4, 0.5) is 0 Å². The summed E-state index contributed by atoms with van der Waals surface area (Å²) < 4.78 is 27.9. The van der Waals surface area contributed by atoms with Crippen molar-refractivity contribution in [3.05, 3.63) is 5.89 Å². The standard InChI is InChI=1S/C9H12N2O4S2/c1-6(12)4-16-9-11-10-8(15-9)7-2-3-17(13,14)5-7/h7H,2-5H2,1H3/t7-/m0/s1. The van der Waals surface area contributed by atoms with Crippen molar-refractivity contribution in [2.45, 2.75) is 24.5 Å². The van der Waals surface area contributed by atoms with E-state index in [-0.39, 0.29) is 29.0 Å². The van der Waals surface area contributed by atoms with Gasteiger partial charge in [0.15, 0.2) is 9.84 Å². The van der Waals surface area contributed by atoms with Gasteiger partial charge in [0, 0.05) is 0 Å². The lowest BCUT2D eigenvalue weighted by atomic mass is 10.1. The van der Waals surface area contributed by atoms with Crippen molar-refractivity contribution in [3.8, 4) is 0 Å². The summed E-state index contributed by atoms with van der Waals surface area (Å²) in [6.07, 6.45) is 0.529. The number of carbonyl (C=O) groups excluding carboxylic acids is 1. The minimum Gasteiger partial charge on any atom is -0.416 e. The number of hydrogen-bond donors (Lipinski definition) is 0. The van der Waals surface area contributed by atoms with Crippen LogP contribution in [0.3, 0.4) is 0 Å². The summed E-state index contributed by atoms with van der Waals surface area (Å²) in [4.78, 5) is 10.8. The van der Waals surface area contributed by atoms with Crippen LogP contribution in [-0.4, -0.2) is 41.7 Å². The van der Waals surface area contributed by atoms with Crippen molar-refractivity contribution in [1.82, 2.24) is 10.2 Å². The van der Waals surface area contributed by atoms with Gasteiger partial charge in [0.2, 0.25) is 5.89 Å². The van der Waals surface area contributed by atoms with Crippen LogP contribution in [-0.2, 0) is 14.6 Å². The number of rotatable bonds is 4. The third-order valence-corrected chi connectivity index (χ3v) is 5.13. The molecule has 2 heterocycles. The fraction of sp³-hybridized carbons (Fsp3) is 0.667. The number of ketones is 1. The molecular weight excluding hydrogens is 264 g/mol. The molecular formula is C9H12N2O4S2. The van der Waals surface area contributed by atoms with Crippen LogP contribution in [0.25, 0.3) is 0 Å². The number of carbonyl (C=O) groups is 1. The molecule has 0 spiro atoms. The second-order valence-electron chi connectivity index (χ2n) is 4.00. The molecule has 1 saturated heterocycles. The van der Waals surface area contributed by atoms with E-state index in [1.54, 1.807) is 0 Å². The van der Waals surface area contributed by atoms with E-state index >= 15 is 0 Å². The van der Waals surface area contributed by atoms with Gasteiger partial charge in [-0.05, 0) is 13.3 Å². The zero-order valence-electron chi connectivity index (χ0n) is 9.25. The molecule has 0 N–H and O–H groups in total. The van der Waals surface area contributed by atoms with Gasteiger partial charge in [-0.3, -0.25) is 4.79 Å². The van der Waals surface area contributed by atoms with Gasteiger partial charge in [0.1, 0.15) is 5.78 Å². The van der Waals surface area contributed by atoms with E-state index in [9.17, 15) is 13.2 Å². The smallest absolute Gasteiger partial charge is 0.277 e. The Labute approximate surface area is 103 Å². The second kappa shape index (κ2) is 4.77. The van der Waals surface area contributed by atoms with Crippen LogP contribution >= 0.6 is 11.8 Å². The molecule has 1 atom stereocenters. The Hall–Kier alpha value is -0.890. The Morgan fingerprint density at radius 1 is 1.53 bits per heavy atom. The van der Waals surface area contributed by atoms with Crippen LogP contribution in [0, 0.1) is 0 Å². The Kier molecular flexibility index (Phi) is 3.53. The van der Waals surface area contributed by atoms with Crippen molar-refractivity contribution in [2.24, 2.45) is 0 Å². The summed E-state index contributed by atoms with van der Waals surface area (Å²) in [6, 6.07) is 0. The van der Waals surface area contributed by atoms with Gasteiger partial charge < -0.3 is 4.42 Å². The third-order valence-electron chi connectivity index (χ3n) is 2.40. The first-order valence-electron chi connectivity index (χ1n) is 5.12. The van der Waals surface area contributed by atoms with Gasteiger partial charge in [-0.1, -0.05) is 11.8 Å². The topological polar surface area (TPSA) is 90.1 Å². The minimum absolute atomic E-state index is 0.0261. The van der Waals surface area contributed by atoms with Crippen LogP contribution in [0.15, 0.2) is 9.64 Å². The summed E-state index contributed by atoms with van der Waals surface area (Å²) in [5, 5.41) is 7.93. The first-order valence-corrected chi connectivity index (χ1v) is 7.93. The molecule has 2 rings (SSSR count). The molecule has 0 saturated carbocycles. The molecule has 0 radical (unpaired) electrons. The molecule has 0 bridgehead atoms. The average Bonchev–Trinajstić information content (AvgIpc) is 2.81. The van der Waals surface area contributed by atoms with Crippen molar-refractivity contribution in [1.29, 1.82) is 0 Å². The maximum atomic E-state index is 11.3. The summed E-state index contributed by atoms with van der Waals surface area (Å²) in [5.41, 5.74) is 0. The molecule has 1 aromatic rings. The molecule has 0 aromatic carbocycles. The molecule has 94 valence electrons. The van der Waals surface area contributed by atoms with Gasteiger partial charge in [-0.15, -0.1) is 10.2 Å². The summed E-state index contributed by atoms with van der Waals surface area (Å²) in [7, 11) is -2.95. The highest BCUT2D eigenvalue weighted by Crippen LogP contribution is 2.29. The molecule has 1 aliphatic heterocycles. The summed E-state index contributed by atoms with van der Waals surface area (Å²) in [5.74, 6) is 0.724. The number of nitrogens with zero attached hydrogens (tertiary/aromatic N) is 2. The Morgan fingerprint density at radius 3 is 2.88 bits per heavy atom. The van der Waals surface area contributed by atoms with E-state index in [2.05, 4.69) is 10.2 Å². The Bertz CT molecular complexity index is 523. The van der Waals surface area contributed by atoms with Gasteiger partial charge in [-0.25, -0.2) is 8.42 Å². The molecule has 1 aromatic heterocycles. The molecule has 6 nitrogen and oxygen atoms in total. The Morgan fingerprint density at radius 2 is 2.29 bits per heavy atom. The summed E-state index contributed by atoms with van der Waals surface area (Å²) in [6.45, 7) is 1.48. The average molecular weight is 276 g/mol. The minimum atomic E-state index is -2.95. The first-order chi connectivity index (χ1) is 7.96. The van der Waals surface area contributed by atoms with E-state index in [4.69, 9.17) is 4.42 Å². The van der Waals surface area contributed by atoms with E-state index in [1.807, 2.05) is 0 Å². The van der Waals surface area contributed by atoms with Crippen molar-refractivity contribution >= 4 is 27.4 Å².